The van der Waals surface area contributed by atoms with Gasteiger partial charge in [0, 0.05) is 18.5 Å². The van der Waals surface area contributed by atoms with Crippen LogP contribution in [0.4, 0.5) is 0 Å². The van der Waals surface area contributed by atoms with E-state index in [2.05, 4.69) is 29.4 Å². The summed E-state index contributed by atoms with van der Waals surface area (Å²) < 4.78 is 0. The summed E-state index contributed by atoms with van der Waals surface area (Å²) in [6.07, 6.45) is 2.27. The standard InChI is InChI=1S/C19H25N3O/c1-13-6-7-16-10-17(14(2)21-18(16)9-13)19(23)22-8-4-5-15(12-22)11-20-3/h6-7,9-10,15,20H,4-5,8,11-12H2,1-3H3/t15-/m0/s1. The average Bonchev–Trinajstić information content (AvgIpc) is 2.54. The van der Waals surface area contributed by atoms with Crippen LogP contribution in [0.5, 0.6) is 0 Å². The molecule has 0 aliphatic carbocycles. The number of rotatable bonds is 3. The van der Waals surface area contributed by atoms with Crippen LogP contribution in [0.3, 0.4) is 0 Å². The fourth-order valence-electron chi connectivity index (χ4n) is 3.47. The summed E-state index contributed by atoms with van der Waals surface area (Å²) in [6.45, 7) is 6.66. The van der Waals surface area contributed by atoms with Gasteiger partial charge < -0.3 is 10.2 Å². The molecule has 1 fully saturated rings. The van der Waals surface area contributed by atoms with E-state index in [-0.39, 0.29) is 5.91 Å². The Labute approximate surface area is 137 Å². The number of hydrogen-bond acceptors (Lipinski definition) is 3. The normalized spacial score (nSPS) is 18.4. The van der Waals surface area contributed by atoms with Crippen molar-refractivity contribution in [3.63, 3.8) is 0 Å². The molecule has 1 atom stereocenters. The summed E-state index contributed by atoms with van der Waals surface area (Å²) in [7, 11) is 1.97. The van der Waals surface area contributed by atoms with Crippen LogP contribution in [-0.4, -0.2) is 42.5 Å². The molecule has 1 N–H and O–H groups in total. The quantitative estimate of drug-likeness (QED) is 0.948. The molecule has 0 saturated carbocycles. The molecule has 1 amide bonds. The summed E-state index contributed by atoms with van der Waals surface area (Å²) in [4.78, 5) is 19.6. The first-order valence-electron chi connectivity index (χ1n) is 8.40. The minimum absolute atomic E-state index is 0.123. The second-order valence-corrected chi connectivity index (χ2v) is 6.63. The summed E-state index contributed by atoms with van der Waals surface area (Å²) in [5.41, 5.74) is 3.72. The van der Waals surface area contributed by atoms with E-state index in [4.69, 9.17) is 0 Å². The minimum Gasteiger partial charge on any atom is -0.338 e. The van der Waals surface area contributed by atoms with Crippen LogP contribution in [0.25, 0.3) is 10.9 Å². The molecule has 3 rings (SSSR count). The molecule has 1 aromatic carbocycles. The zero-order chi connectivity index (χ0) is 16.4. The summed E-state index contributed by atoms with van der Waals surface area (Å²) >= 11 is 0. The van der Waals surface area contributed by atoms with E-state index in [9.17, 15) is 4.79 Å². The predicted molar refractivity (Wildman–Crippen MR) is 93.8 cm³/mol. The van der Waals surface area contributed by atoms with Crippen molar-refractivity contribution in [1.82, 2.24) is 15.2 Å². The first kappa shape index (κ1) is 15.9. The third-order valence-electron chi connectivity index (χ3n) is 4.69. The van der Waals surface area contributed by atoms with Gasteiger partial charge in [-0.15, -0.1) is 0 Å². The van der Waals surface area contributed by atoms with E-state index in [0.29, 0.717) is 5.92 Å². The maximum Gasteiger partial charge on any atom is 0.255 e. The molecule has 4 heteroatoms. The van der Waals surface area contributed by atoms with Crippen molar-refractivity contribution in [2.75, 3.05) is 26.7 Å². The second kappa shape index (κ2) is 6.67. The summed E-state index contributed by atoms with van der Waals surface area (Å²) in [5, 5.41) is 4.26. The van der Waals surface area contributed by atoms with Crippen LogP contribution in [0, 0.1) is 19.8 Å². The highest BCUT2D eigenvalue weighted by molar-refractivity contribution is 5.98. The monoisotopic (exact) mass is 311 g/mol. The number of carbonyl (C=O) groups excluding carboxylic acids is 1. The molecule has 2 heterocycles. The molecule has 2 aromatic rings. The number of pyridine rings is 1. The minimum atomic E-state index is 0.123. The van der Waals surface area contributed by atoms with Crippen LogP contribution >= 0.6 is 0 Å². The Bertz CT molecular complexity index is 724. The lowest BCUT2D eigenvalue weighted by Gasteiger charge is -2.33. The van der Waals surface area contributed by atoms with Crippen molar-refractivity contribution in [2.45, 2.75) is 26.7 Å². The van der Waals surface area contributed by atoms with Gasteiger partial charge in [-0.3, -0.25) is 9.78 Å². The maximum absolute atomic E-state index is 12.9. The lowest BCUT2D eigenvalue weighted by molar-refractivity contribution is 0.0673. The Balaban J connectivity index is 1.88. The van der Waals surface area contributed by atoms with Gasteiger partial charge in [0.1, 0.15) is 0 Å². The highest BCUT2D eigenvalue weighted by Crippen LogP contribution is 2.22. The number of aromatic nitrogens is 1. The van der Waals surface area contributed by atoms with Gasteiger partial charge in [-0.2, -0.15) is 0 Å². The van der Waals surface area contributed by atoms with Gasteiger partial charge in [0.2, 0.25) is 0 Å². The van der Waals surface area contributed by atoms with E-state index in [1.807, 2.05) is 31.0 Å². The van der Waals surface area contributed by atoms with E-state index in [1.165, 1.54) is 12.0 Å². The SMILES string of the molecule is CNC[C@@H]1CCCN(C(=O)c2cc3ccc(C)cc3nc2C)C1. The van der Waals surface area contributed by atoms with Crippen LogP contribution in [0.1, 0.15) is 34.5 Å². The number of benzene rings is 1. The molecule has 0 spiro atoms. The number of aryl methyl sites for hydroxylation is 2. The number of piperidine rings is 1. The molecule has 1 saturated heterocycles. The summed E-state index contributed by atoms with van der Waals surface area (Å²) in [6, 6.07) is 8.19. The third kappa shape index (κ3) is 3.37. The Kier molecular flexibility index (Phi) is 4.62. The highest BCUT2D eigenvalue weighted by Gasteiger charge is 2.25. The number of hydrogen-bond donors (Lipinski definition) is 1. The van der Waals surface area contributed by atoms with Crippen LogP contribution in [-0.2, 0) is 0 Å². The average molecular weight is 311 g/mol. The zero-order valence-electron chi connectivity index (χ0n) is 14.2. The topological polar surface area (TPSA) is 45.2 Å². The van der Waals surface area contributed by atoms with Gasteiger partial charge in [-0.25, -0.2) is 0 Å². The van der Waals surface area contributed by atoms with Crippen LogP contribution in [0.15, 0.2) is 24.3 Å². The van der Waals surface area contributed by atoms with Crippen molar-refractivity contribution in [3.8, 4) is 0 Å². The molecule has 1 aromatic heterocycles. The molecule has 1 aliphatic heterocycles. The van der Waals surface area contributed by atoms with Gasteiger partial charge in [-0.1, -0.05) is 12.1 Å². The van der Waals surface area contributed by atoms with Gasteiger partial charge in [-0.05, 0) is 63.9 Å². The van der Waals surface area contributed by atoms with Crippen LogP contribution in [0.2, 0.25) is 0 Å². The first-order chi connectivity index (χ1) is 11.1. The number of carbonyl (C=O) groups is 1. The second-order valence-electron chi connectivity index (χ2n) is 6.63. The van der Waals surface area contributed by atoms with Gasteiger partial charge in [0.05, 0.1) is 16.8 Å². The molecule has 23 heavy (non-hydrogen) atoms. The van der Waals surface area contributed by atoms with Crippen LogP contribution < -0.4 is 5.32 Å². The van der Waals surface area contributed by atoms with Crippen molar-refractivity contribution in [3.05, 3.63) is 41.1 Å². The molecule has 4 nitrogen and oxygen atoms in total. The maximum atomic E-state index is 12.9. The molecule has 0 bridgehead atoms. The van der Waals surface area contributed by atoms with E-state index >= 15 is 0 Å². The lowest BCUT2D eigenvalue weighted by atomic mass is 9.97. The molecule has 0 radical (unpaired) electrons. The first-order valence-corrected chi connectivity index (χ1v) is 8.40. The number of nitrogens with one attached hydrogen (secondary N) is 1. The molecule has 1 aliphatic rings. The Hall–Kier alpha value is -1.94. The van der Waals surface area contributed by atoms with Crippen molar-refractivity contribution in [1.29, 1.82) is 0 Å². The number of nitrogens with zero attached hydrogens (tertiary/aromatic N) is 2. The fraction of sp³-hybridized carbons (Fsp3) is 0.474. The van der Waals surface area contributed by atoms with Crippen molar-refractivity contribution in [2.24, 2.45) is 5.92 Å². The van der Waals surface area contributed by atoms with E-state index in [0.717, 1.165) is 48.2 Å². The van der Waals surface area contributed by atoms with Crippen molar-refractivity contribution >= 4 is 16.8 Å². The number of likely N-dealkylation sites (tertiary alicyclic amines) is 1. The third-order valence-corrected chi connectivity index (χ3v) is 4.69. The largest absolute Gasteiger partial charge is 0.338 e. The highest BCUT2D eigenvalue weighted by atomic mass is 16.2. The van der Waals surface area contributed by atoms with Gasteiger partial charge in [0.15, 0.2) is 0 Å². The smallest absolute Gasteiger partial charge is 0.255 e. The number of amides is 1. The Morgan fingerprint density at radius 2 is 2.17 bits per heavy atom. The number of fused-ring (bicyclic) bond motifs is 1. The van der Waals surface area contributed by atoms with E-state index < -0.39 is 0 Å². The van der Waals surface area contributed by atoms with E-state index in [1.54, 1.807) is 0 Å². The van der Waals surface area contributed by atoms with Gasteiger partial charge in [0.25, 0.3) is 5.91 Å². The molecular formula is C19H25N3O. The zero-order valence-corrected chi connectivity index (χ0v) is 14.2. The Morgan fingerprint density at radius 3 is 2.96 bits per heavy atom. The van der Waals surface area contributed by atoms with Crippen molar-refractivity contribution < 1.29 is 4.79 Å². The van der Waals surface area contributed by atoms with Gasteiger partial charge >= 0.3 is 0 Å². The fourth-order valence-corrected chi connectivity index (χ4v) is 3.47. The molecule has 0 unspecified atom stereocenters. The summed E-state index contributed by atoms with van der Waals surface area (Å²) in [5.74, 6) is 0.673. The molecule has 122 valence electrons. The Morgan fingerprint density at radius 1 is 1.35 bits per heavy atom. The lowest BCUT2D eigenvalue weighted by Crippen LogP contribution is -2.42. The predicted octanol–water partition coefficient (Wildman–Crippen LogP) is 2.92. The molecular weight excluding hydrogens is 286 g/mol.